The predicted molar refractivity (Wildman–Crippen MR) is 137 cm³/mol. The number of ether oxygens (including phenoxy) is 2. The number of rotatable bonds is 8. The van der Waals surface area contributed by atoms with Crippen molar-refractivity contribution in [2.75, 3.05) is 37.8 Å². The van der Waals surface area contributed by atoms with Gasteiger partial charge >= 0.3 is 0 Å². The molecule has 1 fully saturated rings. The van der Waals surface area contributed by atoms with Gasteiger partial charge < -0.3 is 14.4 Å². The van der Waals surface area contributed by atoms with E-state index in [0.29, 0.717) is 37.0 Å². The normalized spacial score (nSPS) is 13.8. The number of nitriles is 1. The number of carbonyl (C=O) groups excluding carboxylic acids is 1. The van der Waals surface area contributed by atoms with Gasteiger partial charge in [-0.15, -0.1) is 0 Å². The quantitative estimate of drug-likeness (QED) is 0.435. The SMILES string of the molecule is CCOc1ncc(-c2cc(C(=O)Cc3ccnc(C(C)(C)C#N)c3)cnc2C)cc1N1CCOCC1. The molecule has 0 aliphatic carbocycles. The van der Waals surface area contributed by atoms with Gasteiger partial charge in [0.1, 0.15) is 5.69 Å². The summed E-state index contributed by atoms with van der Waals surface area (Å²) in [5, 5.41) is 9.43. The lowest BCUT2D eigenvalue weighted by molar-refractivity contribution is 0.0992. The molecule has 1 aliphatic heterocycles. The molecule has 1 aliphatic rings. The molecular formula is C28H31N5O3. The van der Waals surface area contributed by atoms with Crippen LogP contribution in [0.4, 0.5) is 5.69 Å². The Morgan fingerprint density at radius 3 is 2.67 bits per heavy atom. The summed E-state index contributed by atoms with van der Waals surface area (Å²) in [5.74, 6) is 0.540. The maximum absolute atomic E-state index is 13.2. The number of aromatic nitrogens is 3. The lowest BCUT2D eigenvalue weighted by Crippen LogP contribution is -2.36. The summed E-state index contributed by atoms with van der Waals surface area (Å²) in [6.45, 7) is 10.8. The molecule has 0 spiro atoms. The second-order valence-corrected chi connectivity index (χ2v) is 9.32. The highest BCUT2D eigenvalue weighted by atomic mass is 16.5. The van der Waals surface area contributed by atoms with E-state index in [1.807, 2.05) is 45.9 Å². The van der Waals surface area contributed by atoms with Crippen LogP contribution >= 0.6 is 0 Å². The molecule has 8 heteroatoms. The van der Waals surface area contributed by atoms with Crippen LogP contribution in [-0.2, 0) is 16.6 Å². The largest absolute Gasteiger partial charge is 0.476 e. The van der Waals surface area contributed by atoms with E-state index in [9.17, 15) is 10.1 Å². The number of ketones is 1. The van der Waals surface area contributed by atoms with E-state index in [0.717, 1.165) is 41.2 Å². The summed E-state index contributed by atoms with van der Waals surface area (Å²) in [5.41, 5.74) is 4.72. The average molecular weight is 486 g/mol. The second kappa shape index (κ2) is 10.8. The van der Waals surface area contributed by atoms with Gasteiger partial charge in [0, 0.05) is 60.5 Å². The van der Waals surface area contributed by atoms with Crippen LogP contribution in [0.1, 0.15) is 48.1 Å². The zero-order valence-electron chi connectivity index (χ0n) is 21.2. The van der Waals surface area contributed by atoms with Crippen molar-refractivity contribution in [2.45, 2.75) is 39.5 Å². The number of aryl methyl sites for hydroxylation is 1. The molecule has 0 amide bonds. The number of carbonyl (C=O) groups is 1. The van der Waals surface area contributed by atoms with Crippen molar-refractivity contribution in [2.24, 2.45) is 0 Å². The maximum atomic E-state index is 13.2. The van der Waals surface area contributed by atoms with Gasteiger partial charge in [-0.1, -0.05) is 0 Å². The molecule has 186 valence electrons. The van der Waals surface area contributed by atoms with Gasteiger partial charge in [0.05, 0.1) is 37.0 Å². The van der Waals surface area contributed by atoms with Crippen LogP contribution in [0.25, 0.3) is 11.1 Å². The molecule has 0 N–H and O–H groups in total. The molecule has 4 heterocycles. The van der Waals surface area contributed by atoms with Gasteiger partial charge in [-0.3, -0.25) is 14.8 Å². The summed E-state index contributed by atoms with van der Waals surface area (Å²) in [4.78, 5) is 28.9. The van der Waals surface area contributed by atoms with Crippen molar-refractivity contribution in [3.63, 3.8) is 0 Å². The molecular weight excluding hydrogens is 454 g/mol. The van der Waals surface area contributed by atoms with Crippen LogP contribution in [-0.4, -0.2) is 53.6 Å². The van der Waals surface area contributed by atoms with E-state index in [1.165, 1.54) is 0 Å². The third-order valence-electron chi connectivity index (χ3n) is 6.29. The third-order valence-corrected chi connectivity index (χ3v) is 6.29. The highest BCUT2D eigenvalue weighted by molar-refractivity contribution is 5.98. The number of pyridine rings is 3. The molecule has 0 radical (unpaired) electrons. The number of Topliss-reactive ketones (excluding diaryl/α,β-unsaturated/α-hetero) is 1. The van der Waals surface area contributed by atoms with Crippen molar-refractivity contribution in [1.82, 2.24) is 15.0 Å². The van der Waals surface area contributed by atoms with E-state index in [1.54, 1.807) is 18.6 Å². The Morgan fingerprint density at radius 1 is 1.17 bits per heavy atom. The molecule has 0 atom stereocenters. The number of morpholine rings is 1. The minimum atomic E-state index is -0.726. The van der Waals surface area contributed by atoms with E-state index < -0.39 is 5.41 Å². The maximum Gasteiger partial charge on any atom is 0.237 e. The molecule has 8 nitrogen and oxygen atoms in total. The van der Waals surface area contributed by atoms with Gasteiger partial charge in [0.2, 0.25) is 5.88 Å². The van der Waals surface area contributed by atoms with Crippen LogP contribution in [0.3, 0.4) is 0 Å². The van der Waals surface area contributed by atoms with Crippen molar-refractivity contribution >= 4 is 11.5 Å². The van der Waals surface area contributed by atoms with Crippen LogP contribution in [0, 0.1) is 18.3 Å². The number of anilines is 1. The molecule has 4 rings (SSSR count). The Bertz CT molecular complexity index is 1290. The van der Waals surface area contributed by atoms with Crippen molar-refractivity contribution < 1.29 is 14.3 Å². The molecule has 0 bridgehead atoms. The number of hydrogen-bond donors (Lipinski definition) is 0. The summed E-state index contributed by atoms with van der Waals surface area (Å²) in [6, 6.07) is 9.83. The third kappa shape index (κ3) is 5.52. The summed E-state index contributed by atoms with van der Waals surface area (Å²) in [7, 11) is 0. The van der Waals surface area contributed by atoms with Gasteiger partial charge in [0.25, 0.3) is 0 Å². The molecule has 1 saturated heterocycles. The average Bonchev–Trinajstić information content (AvgIpc) is 2.90. The van der Waals surface area contributed by atoms with E-state index >= 15 is 0 Å². The van der Waals surface area contributed by atoms with Crippen molar-refractivity contribution in [1.29, 1.82) is 5.26 Å². The molecule has 0 unspecified atom stereocenters. The standard InChI is InChI=1S/C28H31N5O3/c1-5-36-27-24(33-8-10-35-11-9-33)15-21(16-32-27)23-14-22(17-31-19(23)2)25(34)12-20-6-7-30-26(13-20)28(3,4)18-29/h6-7,13-17H,5,8-12H2,1-4H3. The molecule has 36 heavy (non-hydrogen) atoms. The fourth-order valence-electron chi connectivity index (χ4n) is 4.12. The zero-order valence-corrected chi connectivity index (χ0v) is 21.2. The zero-order chi connectivity index (χ0) is 25.7. The van der Waals surface area contributed by atoms with Gasteiger partial charge in [-0.2, -0.15) is 5.26 Å². The van der Waals surface area contributed by atoms with Gasteiger partial charge in [-0.05, 0) is 57.5 Å². The highest BCUT2D eigenvalue weighted by Gasteiger charge is 2.23. The fourth-order valence-corrected chi connectivity index (χ4v) is 4.12. The Balaban J connectivity index is 1.63. The van der Waals surface area contributed by atoms with Crippen LogP contribution in [0.2, 0.25) is 0 Å². The Kier molecular flexibility index (Phi) is 7.61. The molecule has 0 saturated carbocycles. The van der Waals surface area contributed by atoms with Crippen molar-refractivity contribution in [3.8, 4) is 23.1 Å². The van der Waals surface area contributed by atoms with E-state index in [4.69, 9.17) is 9.47 Å². The summed E-state index contributed by atoms with van der Waals surface area (Å²) < 4.78 is 11.3. The van der Waals surface area contributed by atoms with E-state index in [-0.39, 0.29) is 12.2 Å². The fraction of sp³-hybridized carbons (Fsp3) is 0.393. The first kappa shape index (κ1) is 25.3. The van der Waals surface area contributed by atoms with E-state index in [2.05, 4.69) is 32.0 Å². The van der Waals surface area contributed by atoms with Gasteiger partial charge in [-0.25, -0.2) is 4.98 Å². The van der Waals surface area contributed by atoms with Crippen LogP contribution in [0.5, 0.6) is 5.88 Å². The molecule has 3 aromatic rings. The number of nitrogens with zero attached hydrogens (tertiary/aromatic N) is 5. The lowest BCUT2D eigenvalue weighted by Gasteiger charge is -2.30. The first-order valence-electron chi connectivity index (χ1n) is 12.1. The summed E-state index contributed by atoms with van der Waals surface area (Å²) >= 11 is 0. The molecule has 0 aromatic carbocycles. The van der Waals surface area contributed by atoms with Crippen molar-refractivity contribution in [3.05, 3.63) is 65.4 Å². The molecule has 3 aromatic heterocycles. The minimum Gasteiger partial charge on any atom is -0.476 e. The Labute approximate surface area is 211 Å². The Morgan fingerprint density at radius 2 is 1.94 bits per heavy atom. The Hall–Kier alpha value is -3.83. The van der Waals surface area contributed by atoms with Crippen LogP contribution < -0.4 is 9.64 Å². The highest BCUT2D eigenvalue weighted by Crippen LogP contribution is 2.33. The summed E-state index contributed by atoms with van der Waals surface area (Å²) in [6.07, 6.45) is 5.23. The van der Waals surface area contributed by atoms with Gasteiger partial charge in [0.15, 0.2) is 5.78 Å². The topological polar surface area (TPSA) is 101 Å². The second-order valence-electron chi connectivity index (χ2n) is 9.32. The monoisotopic (exact) mass is 485 g/mol. The number of hydrogen-bond acceptors (Lipinski definition) is 8. The lowest BCUT2D eigenvalue weighted by atomic mass is 9.89. The first-order chi connectivity index (χ1) is 17.3. The van der Waals surface area contributed by atoms with Crippen LogP contribution in [0.15, 0.2) is 42.9 Å². The predicted octanol–water partition coefficient (Wildman–Crippen LogP) is 4.31. The minimum absolute atomic E-state index is 0.0528. The first-order valence-corrected chi connectivity index (χ1v) is 12.1. The smallest absolute Gasteiger partial charge is 0.237 e.